The second kappa shape index (κ2) is 2.75. The molecule has 0 aliphatic heterocycles. The maximum atomic E-state index is 8.52. The number of hydrogen-bond donors (Lipinski definition) is 0. The molecule has 1 heterocycles. The highest BCUT2D eigenvalue weighted by atomic mass is 127. The Balaban J connectivity index is 2.85. The van der Waals surface area contributed by atoms with Crippen LogP contribution in [0.25, 0.3) is 11.1 Å². The van der Waals surface area contributed by atoms with E-state index < -0.39 is 0 Å². The van der Waals surface area contributed by atoms with E-state index in [1.165, 1.54) is 0 Å². The molecule has 1 aromatic heterocycles. The van der Waals surface area contributed by atoms with Crippen molar-refractivity contribution in [3.63, 3.8) is 0 Å². The highest BCUT2D eigenvalue weighted by Crippen LogP contribution is 2.20. The quantitative estimate of drug-likeness (QED) is 0.690. The maximum absolute atomic E-state index is 8.52. The number of para-hydroxylation sites is 1. The lowest BCUT2D eigenvalue weighted by Gasteiger charge is -1.86. The number of halogens is 1. The van der Waals surface area contributed by atoms with E-state index in [2.05, 4.69) is 27.6 Å². The van der Waals surface area contributed by atoms with Crippen molar-refractivity contribution in [2.75, 3.05) is 0 Å². The van der Waals surface area contributed by atoms with E-state index in [0.29, 0.717) is 5.58 Å². The Morgan fingerprint density at radius 2 is 2.33 bits per heavy atom. The molecule has 0 saturated carbocycles. The summed E-state index contributed by atoms with van der Waals surface area (Å²) in [6.07, 6.45) is 0. The number of nitrogens with zero attached hydrogens (tertiary/aromatic N) is 2. The first kappa shape index (κ1) is 7.55. The Labute approximate surface area is 82.1 Å². The predicted molar refractivity (Wildman–Crippen MR) is 51.4 cm³/mol. The molecular weight excluding hydrogens is 267 g/mol. The van der Waals surface area contributed by atoms with Crippen molar-refractivity contribution in [3.8, 4) is 6.07 Å². The van der Waals surface area contributed by atoms with Crippen LogP contribution in [0.15, 0.2) is 22.6 Å². The van der Waals surface area contributed by atoms with Gasteiger partial charge in [0.1, 0.15) is 5.52 Å². The SMILES string of the molecule is N#Cc1nc2c(I)cccc2o1. The molecule has 0 aliphatic rings. The van der Waals surface area contributed by atoms with Gasteiger partial charge in [0, 0.05) is 3.57 Å². The molecule has 58 valence electrons. The minimum Gasteiger partial charge on any atom is -0.428 e. The van der Waals surface area contributed by atoms with Crippen molar-refractivity contribution in [2.24, 2.45) is 0 Å². The van der Waals surface area contributed by atoms with Gasteiger partial charge in [-0.2, -0.15) is 10.2 Å². The summed E-state index contributed by atoms with van der Waals surface area (Å²) >= 11 is 2.16. The summed E-state index contributed by atoms with van der Waals surface area (Å²) < 4.78 is 6.12. The molecule has 1 aromatic carbocycles. The largest absolute Gasteiger partial charge is 0.428 e. The Morgan fingerprint density at radius 1 is 1.50 bits per heavy atom. The number of benzene rings is 1. The Morgan fingerprint density at radius 3 is 3.00 bits per heavy atom. The van der Waals surface area contributed by atoms with Crippen LogP contribution in [0, 0.1) is 14.9 Å². The molecule has 0 atom stereocenters. The Bertz CT molecular complexity index is 469. The summed E-state index contributed by atoms with van der Waals surface area (Å²) in [5, 5.41) is 8.52. The number of oxazole rings is 1. The van der Waals surface area contributed by atoms with Crippen molar-refractivity contribution >= 4 is 33.7 Å². The number of nitriles is 1. The van der Waals surface area contributed by atoms with E-state index in [-0.39, 0.29) is 5.89 Å². The van der Waals surface area contributed by atoms with Gasteiger partial charge in [-0.25, -0.2) is 0 Å². The summed E-state index contributed by atoms with van der Waals surface area (Å²) in [4.78, 5) is 4.00. The minimum atomic E-state index is 0.120. The van der Waals surface area contributed by atoms with Crippen molar-refractivity contribution in [1.82, 2.24) is 4.98 Å². The zero-order valence-electron chi connectivity index (χ0n) is 5.91. The monoisotopic (exact) mass is 270 g/mol. The van der Waals surface area contributed by atoms with Gasteiger partial charge in [-0.1, -0.05) is 6.07 Å². The third-order valence-corrected chi connectivity index (χ3v) is 2.34. The molecule has 0 aliphatic carbocycles. The van der Waals surface area contributed by atoms with Crippen LogP contribution in [0.5, 0.6) is 0 Å². The van der Waals surface area contributed by atoms with Gasteiger partial charge in [0.25, 0.3) is 0 Å². The molecule has 0 spiro atoms. The molecule has 0 saturated heterocycles. The fraction of sp³-hybridized carbons (Fsp3) is 0. The van der Waals surface area contributed by atoms with Crippen LogP contribution in [0.2, 0.25) is 0 Å². The zero-order chi connectivity index (χ0) is 8.55. The normalized spacial score (nSPS) is 10.0. The molecule has 0 unspecified atom stereocenters. The van der Waals surface area contributed by atoms with Gasteiger partial charge in [0.2, 0.25) is 0 Å². The van der Waals surface area contributed by atoms with Gasteiger partial charge >= 0.3 is 5.89 Å². The molecule has 3 nitrogen and oxygen atoms in total. The van der Waals surface area contributed by atoms with Crippen LogP contribution in [0.3, 0.4) is 0 Å². The average molecular weight is 270 g/mol. The molecule has 4 heteroatoms. The van der Waals surface area contributed by atoms with E-state index in [4.69, 9.17) is 9.68 Å². The van der Waals surface area contributed by atoms with Crippen LogP contribution in [-0.4, -0.2) is 4.98 Å². The molecule has 0 amide bonds. The van der Waals surface area contributed by atoms with Crippen LogP contribution in [0.1, 0.15) is 5.89 Å². The smallest absolute Gasteiger partial charge is 0.301 e. The number of aromatic nitrogens is 1. The van der Waals surface area contributed by atoms with Crippen molar-refractivity contribution in [1.29, 1.82) is 5.26 Å². The third-order valence-electron chi connectivity index (χ3n) is 1.47. The standard InChI is InChI=1S/C8H3IN2O/c9-5-2-1-3-6-8(5)11-7(4-10)12-6/h1-3H. The number of fused-ring (bicyclic) bond motifs is 1. The van der Waals surface area contributed by atoms with Gasteiger partial charge in [-0.05, 0) is 34.7 Å². The second-order valence-corrected chi connectivity index (χ2v) is 3.38. The van der Waals surface area contributed by atoms with E-state index in [0.717, 1.165) is 9.09 Å². The van der Waals surface area contributed by atoms with Crippen LogP contribution >= 0.6 is 22.6 Å². The molecule has 0 N–H and O–H groups in total. The first-order valence-corrected chi connectivity index (χ1v) is 4.34. The topological polar surface area (TPSA) is 49.8 Å². The first-order valence-electron chi connectivity index (χ1n) is 3.26. The van der Waals surface area contributed by atoms with E-state index in [1.807, 2.05) is 18.2 Å². The predicted octanol–water partition coefficient (Wildman–Crippen LogP) is 2.30. The molecule has 2 aromatic rings. The minimum absolute atomic E-state index is 0.120. The lowest BCUT2D eigenvalue weighted by molar-refractivity contribution is 0.584. The lowest BCUT2D eigenvalue weighted by Crippen LogP contribution is -1.74. The molecule has 12 heavy (non-hydrogen) atoms. The number of rotatable bonds is 0. The lowest BCUT2D eigenvalue weighted by atomic mass is 10.3. The summed E-state index contributed by atoms with van der Waals surface area (Å²) in [6.45, 7) is 0. The molecule has 0 radical (unpaired) electrons. The highest BCUT2D eigenvalue weighted by molar-refractivity contribution is 14.1. The molecule has 0 bridgehead atoms. The Hall–Kier alpha value is -1.09. The first-order chi connectivity index (χ1) is 5.81. The maximum Gasteiger partial charge on any atom is 0.301 e. The van der Waals surface area contributed by atoms with Gasteiger partial charge in [-0.3, -0.25) is 0 Å². The number of hydrogen-bond acceptors (Lipinski definition) is 3. The van der Waals surface area contributed by atoms with Gasteiger partial charge in [-0.15, -0.1) is 0 Å². The molecule has 2 rings (SSSR count). The highest BCUT2D eigenvalue weighted by Gasteiger charge is 2.06. The van der Waals surface area contributed by atoms with Crippen molar-refractivity contribution in [2.45, 2.75) is 0 Å². The fourth-order valence-electron chi connectivity index (χ4n) is 0.963. The Kier molecular flexibility index (Phi) is 1.73. The summed E-state index contributed by atoms with van der Waals surface area (Å²) in [5.41, 5.74) is 1.42. The van der Waals surface area contributed by atoms with E-state index in [1.54, 1.807) is 6.07 Å². The van der Waals surface area contributed by atoms with Crippen molar-refractivity contribution < 1.29 is 4.42 Å². The van der Waals surface area contributed by atoms with Crippen LogP contribution in [-0.2, 0) is 0 Å². The van der Waals surface area contributed by atoms with Gasteiger partial charge in [0.15, 0.2) is 11.7 Å². The molecular formula is C8H3IN2O. The summed E-state index contributed by atoms with van der Waals surface area (Å²) in [7, 11) is 0. The average Bonchev–Trinajstić information content (AvgIpc) is 2.49. The second-order valence-electron chi connectivity index (χ2n) is 2.22. The third kappa shape index (κ3) is 1.06. The van der Waals surface area contributed by atoms with Gasteiger partial charge in [0.05, 0.1) is 0 Å². The van der Waals surface area contributed by atoms with Crippen LogP contribution in [0.4, 0.5) is 0 Å². The zero-order valence-corrected chi connectivity index (χ0v) is 8.07. The fourth-order valence-corrected chi connectivity index (χ4v) is 1.56. The van der Waals surface area contributed by atoms with E-state index >= 15 is 0 Å². The van der Waals surface area contributed by atoms with Crippen molar-refractivity contribution in [3.05, 3.63) is 27.7 Å². The van der Waals surface area contributed by atoms with E-state index in [9.17, 15) is 0 Å². The van der Waals surface area contributed by atoms with Gasteiger partial charge < -0.3 is 4.42 Å². The molecule has 0 fully saturated rings. The summed E-state index contributed by atoms with van der Waals surface area (Å²) in [6, 6.07) is 7.45. The summed E-state index contributed by atoms with van der Waals surface area (Å²) in [5.74, 6) is 0.120. The van der Waals surface area contributed by atoms with Crippen LogP contribution < -0.4 is 0 Å².